The molecule has 1 aliphatic heterocycles. The number of carbonyl (C=O) groups excluding carboxylic acids is 1. The van der Waals surface area contributed by atoms with Gasteiger partial charge >= 0.3 is 6.03 Å². The van der Waals surface area contributed by atoms with Crippen LogP contribution in [0.4, 0.5) is 10.5 Å². The average Bonchev–Trinajstić information content (AvgIpc) is 3.08. The Labute approximate surface area is 155 Å². The van der Waals surface area contributed by atoms with Gasteiger partial charge < -0.3 is 10.8 Å². The van der Waals surface area contributed by atoms with Gasteiger partial charge in [-0.3, -0.25) is 15.3 Å². The van der Waals surface area contributed by atoms with Gasteiger partial charge in [-0.1, -0.05) is 24.3 Å². The first kappa shape index (κ1) is 16.9. The van der Waals surface area contributed by atoms with Crippen molar-refractivity contribution in [3.8, 4) is 11.3 Å². The molecule has 0 atom stereocenters. The molecule has 2 amide bonds. The molecule has 27 heavy (non-hydrogen) atoms. The molecule has 1 aliphatic rings. The van der Waals surface area contributed by atoms with Gasteiger partial charge in [-0.25, -0.2) is 4.79 Å². The Morgan fingerprint density at radius 3 is 2.59 bits per heavy atom. The summed E-state index contributed by atoms with van der Waals surface area (Å²) in [6.45, 7) is 0.0913. The Balaban J connectivity index is 1.61. The van der Waals surface area contributed by atoms with Crippen molar-refractivity contribution in [1.29, 1.82) is 5.41 Å². The minimum Gasteiger partial charge on any atom is -0.390 e. The maximum atomic E-state index is 11.9. The third kappa shape index (κ3) is 3.16. The number of rotatable bonds is 4. The molecule has 4 N–H and O–H groups in total. The fraction of sp³-hybridized carbons (Fsp3) is 0.100. The number of amides is 2. The highest BCUT2D eigenvalue weighted by atomic mass is 16.3. The lowest BCUT2D eigenvalue weighted by molar-refractivity contribution is 0.256. The molecule has 3 aromatic rings. The number of aliphatic imine (C=N–C) groups is 1. The van der Waals surface area contributed by atoms with E-state index in [0.29, 0.717) is 17.8 Å². The molecule has 7 nitrogen and oxygen atoms in total. The van der Waals surface area contributed by atoms with E-state index in [1.54, 1.807) is 6.20 Å². The number of aliphatic hydroxyl groups is 1. The van der Waals surface area contributed by atoms with Gasteiger partial charge in [-0.2, -0.15) is 4.99 Å². The van der Waals surface area contributed by atoms with Crippen molar-refractivity contribution < 1.29 is 9.90 Å². The number of amidine groups is 1. The van der Waals surface area contributed by atoms with Crippen molar-refractivity contribution in [2.45, 2.75) is 0 Å². The van der Waals surface area contributed by atoms with E-state index in [1.807, 2.05) is 48.5 Å². The van der Waals surface area contributed by atoms with Crippen LogP contribution in [-0.4, -0.2) is 40.8 Å². The monoisotopic (exact) mass is 359 g/mol. The molecule has 0 saturated carbocycles. The summed E-state index contributed by atoms with van der Waals surface area (Å²) in [5, 5.41) is 18.6. The van der Waals surface area contributed by atoms with E-state index in [9.17, 15) is 4.79 Å². The normalized spacial score (nSPS) is 13.9. The number of carbonyl (C=O) groups is 1. The maximum absolute atomic E-state index is 11.9. The first-order valence-electron chi connectivity index (χ1n) is 8.38. The number of nitrogens with one attached hydrogen (secondary N) is 1. The van der Waals surface area contributed by atoms with Gasteiger partial charge in [0.1, 0.15) is 5.84 Å². The number of fused-ring (bicyclic) bond motifs is 1. The summed E-state index contributed by atoms with van der Waals surface area (Å²) in [5.74, 6) is 0.0290. The first-order chi connectivity index (χ1) is 13.0. The predicted octanol–water partition coefficient (Wildman–Crippen LogP) is 2.56. The molecule has 0 spiro atoms. The molecule has 0 fully saturated rings. The van der Waals surface area contributed by atoms with Crippen molar-refractivity contribution in [3.63, 3.8) is 0 Å². The lowest BCUT2D eigenvalue weighted by atomic mass is 10.0. The summed E-state index contributed by atoms with van der Waals surface area (Å²) in [5.41, 5.74) is 9.12. The van der Waals surface area contributed by atoms with E-state index in [-0.39, 0.29) is 18.5 Å². The number of aliphatic hydroxyl groups excluding tert-OH is 1. The number of benzene rings is 2. The number of nitrogens with two attached hydrogens (primary N) is 1. The number of anilines is 1. The molecule has 0 saturated heterocycles. The molecular formula is C20H17N5O2. The second-order valence-corrected chi connectivity index (χ2v) is 6.30. The molecular weight excluding hydrogens is 342 g/mol. The number of aromatic nitrogens is 1. The highest BCUT2D eigenvalue weighted by molar-refractivity contribution is 6.12. The molecule has 2 heterocycles. The van der Waals surface area contributed by atoms with E-state index in [0.717, 1.165) is 27.7 Å². The largest absolute Gasteiger partial charge is 0.390 e. The van der Waals surface area contributed by atoms with Gasteiger partial charge in [-0.15, -0.1) is 0 Å². The fourth-order valence-corrected chi connectivity index (χ4v) is 3.05. The predicted molar refractivity (Wildman–Crippen MR) is 105 cm³/mol. The van der Waals surface area contributed by atoms with Crippen LogP contribution in [0.5, 0.6) is 0 Å². The van der Waals surface area contributed by atoms with Crippen LogP contribution in [0.25, 0.3) is 22.0 Å². The zero-order valence-corrected chi connectivity index (χ0v) is 14.4. The Hall–Kier alpha value is -3.58. The standard InChI is InChI=1S/C20H17N5O2/c21-19(22)14-2-1-13-8-18(23-9-15(13)7-14)12-3-5-17(6-4-12)25-10-16(11-26)24-20(25)27/h1-9,26H,10-11H2,(H3,21,22). The number of urea groups is 1. The van der Waals surface area contributed by atoms with Crippen molar-refractivity contribution in [2.75, 3.05) is 18.1 Å². The molecule has 0 unspecified atom stereocenters. The maximum Gasteiger partial charge on any atom is 0.348 e. The molecule has 0 radical (unpaired) electrons. The van der Waals surface area contributed by atoms with Crippen LogP contribution in [0.2, 0.25) is 0 Å². The van der Waals surface area contributed by atoms with E-state index in [2.05, 4.69) is 9.98 Å². The zero-order chi connectivity index (χ0) is 19.0. The highest BCUT2D eigenvalue weighted by Gasteiger charge is 2.24. The summed E-state index contributed by atoms with van der Waals surface area (Å²) < 4.78 is 0. The zero-order valence-electron chi connectivity index (χ0n) is 14.4. The molecule has 2 aromatic carbocycles. The number of nitrogens with zero attached hydrogens (tertiary/aromatic N) is 3. The van der Waals surface area contributed by atoms with E-state index in [4.69, 9.17) is 16.2 Å². The smallest absolute Gasteiger partial charge is 0.348 e. The van der Waals surface area contributed by atoms with E-state index in [1.165, 1.54) is 4.90 Å². The third-order valence-electron chi connectivity index (χ3n) is 4.52. The summed E-state index contributed by atoms with van der Waals surface area (Å²) >= 11 is 0. The molecule has 7 heteroatoms. The highest BCUT2D eigenvalue weighted by Crippen LogP contribution is 2.26. The molecule has 134 valence electrons. The van der Waals surface area contributed by atoms with E-state index < -0.39 is 0 Å². The molecule has 0 aliphatic carbocycles. The van der Waals surface area contributed by atoms with Gasteiger partial charge in [0, 0.05) is 28.4 Å². The Morgan fingerprint density at radius 1 is 1.15 bits per heavy atom. The van der Waals surface area contributed by atoms with Crippen molar-refractivity contribution in [3.05, 3.63) is 60.3 Å². The van der Waals surface area contributed by atoms with Gasteiger partial charge in [-0.05, 0) is 29.7 Å². The second kappa shape index (κ2) is 6.62. The summed E-state index contributed by atoms with van der Waals surface area (Å²) in [7, 11) is 0. The van der Waals surface area contributed by atoms with Gasteiger partial charge in [0.25, 0.3) is 0 Å². The van der Waals surface area contributed by atoms with Crippen LogP contribution in [0.1, 0.15) is 5.56 Å². The van der Waals surface area contributed by atoms with Crippen molar-refractivity contribution in [1.82, 2.24) is 4.98 Å². The van der Waals surface area contributed by atoms with Gasteiger partial charge in [0.15, 0.2) is 0 Å². The van der Waals surface area contributed by atoms with Crippen LogP contribution in [0.3, 0.4) is 0 Å². The summed E-state index contributed by atoms with van der Waals surface area (Å²) in [6.07, 6.45) is 1.76. The van der Waals surface area contributed by atoms with E-state index >= 15 is 0 Å². The van der Waals surface area contributed by atoms with Crippen LogP contribution in [-0.2, 0) is 0 Å². The Bertz CT molecular complexity index is 1090. The van der Waals surface area contributed by atoms with Crippen LogP contribution >= 0.6 is 0 Å². The van der Waals surface area contributed by atoms with Crippen LogP contribution < -0.4 is 10.6 Å². The number of pyridine rings is 1. The van der Waals surface area contributed by atoms with Crippen molar-refractivity contribution in [2.24, 2.45) is 10.7 Å². The van der Waals surface area contributed by atoms with Crippen LogP contribution in [0, 0.1) is 5.41 Å². The lowest BCUT2D eigenvalue weighted by Gasteiger charge is -2.15. The quantitative estimate of drug-likeness (QED) is 0.490. The van der Waals surface area contributed by atoms with Gasteiger partial charge in [0.2, 0.25) is 0 Å². The molecule has 1 aromatic heterocycles. The van der Waals surface area contributed by atoms with Crippen molar-refractivity contribution >= 4 is 34.0 Å². The Kier molecular flexibility index (Phi) is 4.13. The van der Waals surface area contributed by atoms with Gasteiger partial charge in [0.05, 0.1) is 24.6 Å². The first-order valence-corrected chi connectivity index (χ1v) is 8.38. The Morgan fingerprint density at radius 2 is 1.93 bits per heavy atom. The topological polar surface area (TPSA) is 116 Å². The summed E-state index contributed by atoms with van der Waals surface area (Å²) in [6, 6.07) is 14.7. The minimum absolute atomic E-state index is 0.0290. The number of nitrogen functional groups attached to an aromatic ring is 1. The third-order valence-corrected chi connectivity index (χ3v) is 4.52. The second-order valence-electron chi connectivity index (χ2n) is 6.30. The minimum atomic E-state index is -0.364. The lowest BCUT2D eigenvalue weighted by Crippen LogP contribution is -2.26. The average molecular weight is 359 g/mol. The SMILES string of the molecule is N=C(N)c1ccc2cc(-c3ccc(N4CC(CO)=NC4=O)cc3)ncc2c1. The molecule has 0 bridgehead atoms. The molecule has 4 rings (SSSR count). The number of hydrogen-bond acceptors (Lipinski definition) is 4. The van der Waals surface area contributed by atoms with Crippen LogP contribution in [0.15, 0.2) is 59.7 Å². The number of hydrogen-bond donors (Lipinski definition) is 3. The summed E-state index contributed by atoms with van der Waals surface area (Å²) in [4.78, 5) is 21.7. The fourth-order valence-electron chi connectivity index (χ4n) is 3.05.